The van der Waals surface area contributed by atoms with Crippen LogP contribution in [-0.4, -0.2) is 31.9 Å². The van der Waals surface area contributed by atoms with Crippen molar-refractivity contribution in [3.05, 3.63) is 100 Å². The minimum Gasteiger partial charge on any atom is -0.497 e. The molecule has 0 radical (unpaired) electrons. The molecule has 1 aromatic heterocycles. The molecule has 8 heteroatoms. The van der Waals surface area contributed by atoms with Gasteiger partial charge in [-0.3, -0.25) is 4.79 Å². The molecule has 1 heterocycles. The van der Waals surface area contributed by atoms with Crippen LogP contribution in [0.5, 0.6) is 11.5 Å². The van der Waals surface area contributed by atoms with Crippen molar-refractivity contribution in [1.82, 2.24) is 9.29 Å². The van der Waals surface area contributed by atoms with Gasteiger partial charge in [-0.2, -0.15) is 4.31 Å². The molecule has 0 saturated carbocycles. The molecule has 0 unspecified atom stereocenters. The lowest BCUT2D eigenvalue weighted by Gasteiger charge is -2.22. The highest BCUT2D eigenvalue weighted by molar-refractivity contribution is 7.89. The predicted molar refractivity (Wildman–Crippen MR) is 127 cm³/mol. The number of aromatic amines is 1. The Hall–Kier alpha value is -3.62. The smallest absolute Gasteiger partial charge is 0.252 e. The molecule has 7 nitrogen and oxygen atoms in total. The number of pyridine rings is 1. The highest BCUT2D eigenvalue weighted by Crippen LogP contribution is 2.23. The van der Waals surface area contributed by atoms with E-state index in [1.54, 1.807) is 74.9 Å². The second-order valence-corrected chi connectivity index (χ2v) is 9.45. The number of fused-ring (bicyclic) bond motifs is 1. The SMILES string of the molecule is COc1ccc(CN(Cc2cc3ccc(OC)cc3[nH]c2=O)S(=O)(=O)c2ccccc2)cc1. The monoisotopic (exact) mass is 464 g/mol. The van der Waals surface area contributed by atoms with E-state index in [1.165, 1.54) is 4.31 Å². The fourth-order valence-electron chi connectivity index (χ4n) is 3.56. The first-order valence-electron chi connectivity index (χ1n) is 10.3. The van der Waals surface area contributed by atoms with E-state index in [9.17, 15) is 13.2 Å². The van der Waals surface area contributed by atoms with E-state index in [0.29, 0.717) is 22.6 Å². The van der Waals surface area contributed by atoms with Gasteiger partial charge in [0.2, 0.25) is 10.0 Å². The van der Waals surface area contributed by atoms with Crippen molar-refractivity contribution in [3.63, 3.8) is 0 Å². The molecule has 0 atom stereocenters. The molecule has 170 valence electrons. The lowest BCUT2D eigenvalue weighted by Crippen LogP contribution is -2.32. The highest BCUT2D eigenvalue weighted by atomic mass is 32.2. The molecule has 33 heavy (non-hydrogen) atoms. The summed E-state index contributed by atoms with van der Waals surface area (Å²) in [6.45, 7) is 0.0157. The molecular weight excluding hydrogens is 440 g/mol. The topological polar surface area (TPSA) is 88.7 Å². The van der Waals surface area contributed by atoms with Crippen LogP contribution in [0.2, 0.25) is 0 Å². The van der Waals surface area contributed by atoms with Gasteiger partial charge in [0.05, 0.1) is 24.6 Å². The molecule has 0 fully saturated rings. The van der Waals surface area contributed by atoms with E-state index < -0.39 is 10.0 Å². The summed E-state index contributed by atoms with van der Waals surface area (Å²) < 4.78 is 38.7. The van der Waals surface area contributed by atoms with Gasteiger partial charge in [-0.1, -0.05) is 30.3 Å². The second-order valence-electron chi connectivity index (χ2n) is 7.51. The Bertz CT molecular complexity index is 1420. The van der Waals surface area contributed by atoms with Gasteiger partial charge >= 0.3 is 0 Å². The maximum absolute atomic E-state index is 13.5. The van der Waals surface area contributed by atoms with E-state index in [4.69, 9.17) is 9.47 Å². The van der Waals surface area contributed by atoms with Crippen LogP contribution >= 0.6 is 0 Å². The van der Waals surface area contributed by atoms with Crippen molar-refractivity contribution in [2.24, 2.45) is 0 Å². The number of ether oxygens (including phenoxy) is 2. The van der Waals surface area contributed by atoms with Crippen LogP contribution in [0.4, 0.5) is 0 Å². The van der Waals surface area contributed by atoms with Crippen molar-refractivity contribution in [2.75, 3.05) is 14.2 Å². The Morgan fingerprint density at radius 2 is 1.48 bits per heavy atom. The van der Waals surface area contributed by atoms with E-state index in [0.717, 1.165) is 10.9 Å². The van der Waals surface area contributed by atoms with Gasteiger partial charge in [-0.25, -0.2) is 8.42 Å². The van der Waals surface area contributed by atoms with Crippen LogP contribution < -0.4 is 15.0 Å². The summed E-state index contributed by atoms with van der Waals surface area (Å²) in [6, 6.07) is 22.4. The first kappa shape index (κ1) is 22.6. The number of H-pyrrole nitrogens is 1. The van der Waals surface area contributed by atoms with E-state index >= 15 is 0 Å². The quantitative estimate of drug-likeness (QED) is 0.427. The van der Waals surface area contributed by atoms with Crippen LogP contribution in [0.15, 0.2) is 88.6 Å². The van der Waals surface area contributed by atoms with Crippen molar-refractivity contribution in [1.29, 1.82) is 0 Å². The Morgan fingerprint density at radius 3 is 2.15 bits per heavy atom. The molecule has 0 aliphatic rings. The van der Waals surface area contributed by atoms with Crippen molar-refractivity contribution < 1.29 is 17.9 Å². The summed E-state index contributed by atoms with van der Waals surface area (Å²) in [6.07, 6.45) is 0. The lowest BCUT2D eigenvalue weighted by molar-refractivity contribution is 0.398. The molecule has 0 saturated heterocycles. The molecule has 0 bridgehead atoms. The Kier molecular flexibility index (Phi) is 6.48. The van der Waals surface area contributed by atoms with Crippen molar-refractivity contribution in [3.8, 4) is 11.5 Å². The number of nitrogens with zero attached hydrogens (tertiary/aromatic N) is 1. The summed E-state index contributed by atoms with van der Waals surface area (Å²) in [5.41, 5.74) is 1.40. The number of benzene rings is 3. The maximum Gasteiger partial charge on any atom is 0.252 e. The molecule has 4 rings (SSSR count). The summed E-state index contributed by atoms with van der Waals surface area (Å²) in [4.78, 5) is 15.8. The molecule has 0 aliphatic carbocycles. The van der Waals surface area contributed by atoms with E-state index in [2.05, 4.69) is 4.98 Å². The number of aromatic nitrogens is 1. The molecule has 0 aliphatic heterocycles. The van der Waals surface area contributed by atoms with Crippen LogP contribution in [0.3, 0.4) is 0 Å². The van der Waals surface area contributed by atoms with Crippen LogP contribution in [0.25, 0.3) is 10.9 Å². The Balaban J connectivity index is 1.74. The van der Waals surface area contributed by atoms with Crippen LogP contribution in [-0.2, 0) is 23.1 Å². The fourth-order valence-corrected chi connectivity index (χ4v) is 4.99. The molecule has 3 aromatic carbocycles. The number of hydrogen-bond donors (Lipinski definition) is 1. The van der Waals surface area contributed by atoms with E-state index in [1.807, 2.05) is 18.2 Å². The van der Waals surface area contributed by atoms with Gasteiger partial charge in [0.25, 0.3) is 5.56 Å². The number of sulfonamides is 1. The van der Waals surface area contributed by atoms with E-state index in [-0.39, 0.29) is 23.5 Å². The Morgan fingerprint density at radius 1 is 0.818 bits per heavy atom. The van der Waals surface area contributed by atoms with Crippen LogP contribution in [0, 0.1) is 0 Å². The average molecular weight is 465 g/mol. The zero-order chi connectivity index (χ0) is 23.4. The molecule has 0 spiro atoms. The minimum atomic E-state index is -3.86. The normalized spacial score (nSPS) is 11.6. The minimum absolute atomic E-state index is 0.0828. The zero-order valence-corrected chi connectivity index (χ0v) is 19.1. The van der Waals surface area contributed by atoms with Crippen LogP contribution in [0.1, 0.15) is 11.1 Å². The number of nitrogens with one attached hydrogen (secondary N) is 1. The lowest BCUT2D eigenvalue weighted by atomic mass is 10.1. The third-order valence-electron chi connectivity index (χ3n) is 5.38. The largest absolute Gasteiger partial charge is 0.497 e. The van der Waals surface area contributed by atoms with Gasteiger partial charge in [0.1, 0.15) is 11.5 Å². The first-order chi connectivity index (χ1) is 15.9. The first-order valence-corrected chi connectivity index (χ1v) is 11.7. The summed E-state index contributed by atoms with van der Waals surface area (Å²) in [5.74, 6) is 1.30. The second kappa shape index (κ2) is 9.48. The molecule has 1 N–H and O–H groups in total. The fraction of sp³-hybridized carbons (Fsp3) is 0.160. The molecule has 4 aromatic rings. The van der Waals surface area contributed by atoms with Gasteiger partial charge in [-0.05, 0) is 53.4 Å². The zero-order valence-electron chi connectivity index (χ0n) is 18.3. The van der Waals surface area contributed by atoms with Crippen molar-refractivity contribution in [2.45, 2.75) is 18.0 Å². The summed E-state index contributed by atoms with van der Waals surface area (Å²) in [5, 5.41) is 0.784. The number of methoxy groups -OCH3 is 2. The van der Waals surface area contributed by atoms with Crippen molar-refractivity contribution >= 4 is 20.9 Å². The maximum atomic E-state index is 13.5. The van der Waals surface area contributed by atoms with Gasteiger partial charge in [0, 0.05) is 24.7 Å². The highest BCUT2D eigenvalue weighted by Gasteiger charge is 2.26. The van der Waals surface area contributed by atoms with Gasteiger partial charge in [0.15, 0.2) is 0 Å². The summed E-state index contributed by atoms with van der Waals surface area (Å²) >= 11 is 0. The molecular formula is C25H24N2O5S. The predicted octanol–water partition coefficient (Wildman–Crippen LogP) is 3.94. The standard InChI is InChI=1S/C25H24N2O5S/c1-31-21-11-8-18(9-12-21)16-27(33(29,30)23-6-4-3-5-7-23)17-20-14-19-10-13-22(32-2)15-24(19)26-25(20)28/h3-15H,16-17H2,1-2H3,(H,26,28). The Labute approximate surface area is 192 Å². The summed E-state index contributed by atoms with van der Waals surface area (Å²) in [7, 11) is -0.738. The average Bonchev–Trinajstić information content (AvgIpc) is 2.84. The van der Waals surface area contributed by atoms with Gasteiger partial charge < -0.3 is 14.5 Å². The molecule has 0 amide bonds. The number of rotatable bonds is 8. The number of hydrogen-bond acceptors (Lipinski definition) is 5. The third kappa shape index (κ3) is 4.92. The van der Waals surface area contributed by atoms with Gasteiger partial charge in [-0.15, -0.1) is 0 Å². The third-order valence-corrected chi connectivity index (χ3v) is 7.18.